The molecule has 0 aromatic rings. The summed E-state index contributed by atoms with van der Waals surface area (Å²) >= 11 is 0. The lowest BCUT2D eigenvalue weighted by molar-refractivity contribution is -0.137. The third-order valence-corrected chi connectivity index (χ3v) is 0.827. The number of ether oxygens (including phenoxy) is 1. The Kier molecular flexibility index (Phi) is 3.46. The number of nitrogens with one attached hydrogen (secondary N) is 1. The van der Waals surface area contributed by atoms with Crippen molar-refractivity contribution in [3.63, 3.8) is 0 Å². The highest BCUT2D eigenvalue weighted by Gasteiger charge is 2.07. The Balaban J connectivity index is 4.01. The number of carbonyl (C=O) groups is 2. The molecule has 0 heterocycles. The second-order valence-electron chi connectivity index (χ2n) is 1.57. The molecule has 0 unspecified atom stereocenters. The van der Waals surface area contributed by atoms with Crippen LogP contribution in [0.4, 0.5) is 0 Å². The third kappa shape index (κ3) is 3.06. The van der Waals surface area contributed by atoms with Gasteiger partial charge in [-0.1, -0.05) is 6.58 Å². The van der Waals surface area contributed by atoms with Gasteiger partial charge in [0.25, 0.3) is 5.91 Å². The first kappa shape index (κ1) is 9.24. The highest BCUT2D eigenvalue weighted by Crippen LogP contribution is 1.86. The predicted molar refractivity (Wildman–Crippen MR) is 38.1 cm³/mol. The number of rotatable bonds is 2. The Morgan fingerprint density at radius 2 is 2.18 bits per heavy atom. The lowest BCUT2D eigenvalue weighted by atomic mass is 10.4. The van der Waals surface area contributed by atoms with E-state index in [9.17, 15) is 9.59 Å². The fraction of sp³-hybridized carbons (Fsp3) is 0.143. The quantitative estimate of drug-likeness (QED) is 0.328. The Hall–Kier alpha value is -1.76. The number of carbonyl (C=O) groups excluding carboxylic acids is 2. The van der Waals surface area contributed by atoms with Gasteiger partial charge in [-0.15, -0.1) is 6.42 Å². The van der Waals surface area contributed by atoms with Crippen molar-refractivity contribution in [2.75, 3.05) is 7.11 Å². The Bertz CT molecular complexity index is 237. The van der Waals surface area contributed by atoms with Crippen LogP contribution in [0.15, 0.2) is 12.3 Å². The molecule has 0 aliphatic carbocycles. The largest absolute Gasteiger partial charge is 0.464 e. The molecule has 0 spiro atoms. The van der Waals surface area contributed by atoms with Crippen LogP contribution in [0.5, 0.6) is 0 Å². The summed E-state index contributed by atoms with van der Waals surface area (Å²) in [6.07, 6.45) is 4.71. The molecule has 11 heavy (non-hydrogen) atoms. The van der Waals surface area contributed by atoms with Crippen molar-refractivity contribution >= 4 is 11.9 Å². The zero-order valence-electron chi connectivity index (χ0n) is 6.01. The summed E-state index contributed by atoms with van der Waals surface area (Å²) in [6.45, 7) is 3.21. The van der Waals surface area contributed by atoms with E-state index >= 15 is 0 Å². The molecule has 58 valence electrons. The summed E-state index contributed by atoms with van der Waals surface area (Å²) in [5.74, 6) is 0.320. The number of methoxy groups -OCH3 is 1. The first-order chi connectivity index (χ1) is 5.11. The molecule has 0 saturated heterocycles. The average Bonchev–Trinajstić information content (AvgIpc) is 2.02. The van der Waals surface area contributed by atoms with E-state index in [0.29, 0.717) is 0 Å². The van der Waals surface area contributed by atoms with Crippen LogP contribution in [0.3, 0.4) is 0 Å². The molecule has 0 aromatic carbocycles. The fourth-order valence-corrected chi connectivity index (χ4v) is 0.347. The van der Waals surface area contributed by atoms with Crippen molar-refractivity contribution in [2.24, 2.45) is 0 Å². The summed E-state index contributed by atoms with van der Waals surface area (Å²) in [7, 11) is 1.18. The highest BCUT2D eigenvalue weighted by atomic mass is 16.5. The van der Waals surface area contributed by atoms with Crippen molar-refractivity contribution < 1.29 is 14.3 Å². The average molecular weight is 153 g/mol. The van der Waals surface area contributed by atoms with Gasteiger partial charge in [0.1, 0.15) is 5.70 Å². The van der Waals surface area contributed by atoms with E-state index in [2.05, 4.69) is 11.3 Å². The second kappa shape index (κ2) is 4.12. The summed E-state index contributed by atoms with van der Waals surface area (Å²) in [4.78, 5) is 21.0. The minimum atomic E-state index is -0.722. The molecule has 1 N–H and O–H groups in total. The molecule has 0 rings (SSSR count). The van der Waals surface area contributed by atoms with Crippen molar-refractivity contribution in [3.05, 3.63) is 12.3 Å². The molecule has 0 atom stereocenters. The molecule has 0 radical (unpaired) electrons. The standard InChI is InChI=1S/C7H7NO3/c1-4-6(9)8-5(2)7(10)11-3/h1H,2H2,3H3,(H,8,9). The summed E-state index contributed by atoms with van der Waals surface area (Å²) in [6, 6.07) is 0. The molecule has 4 heteroatoms. The van der Waals surface area contributed by atoms with Crippen LogP contribution in [0.25, 0.3) is 0 Å². The van der Waals surface area contributed by atoms with Crippen molar-refractivity contribution in [2.45, 2.75) is 0 Å². The van der Waals surface area contributed by atoms with Gasteiger partial charge in [0.05, 0.1) is 7.11 Å². The molecule has 0 bridgehead atoms. The number of amides is 1. The van der Waals surface area contributed by atoms with E-state index in [1.165, 1.54) is 7.11 Å². The fourth-order valence-electron chi connectivity index (χ4n) is 0.347. The van der Waals surface area contributed by atoms with Crippen LogP contribution >= 0.6 is 0 Å². The Morgan fingerprint density at radius 1 is 1.64 bits per heavy atom. The summed E-state index contributed by atoms with van der Waals surface area (Å²) in [5.41, 5.74) is -0.171. The highest BCUT2D eigenvalue weighted by molar-refractivity contribution is 5.99. The zero-order chi connectivity index (χ0) is 8.85. The van der Waals surface area contributed by atoms with Gasteiger partial charge in [0.15, 0.2) is 0 Å². The first-order valence-corrected chi connectivity index (χ1v) is 2.66. The molecular weight excluding hydrogens is 146 g/mol. The number of hydrogen-bond acceptors (Lipinski definition) is 3. The SMILES string of the molecule is C#CC(=O)NC(=C)C(=O)OC. The van der Waals surface area contributed by atoms with Crippen molar-refractivity contribution in [3.8, 4) is 12.3 Å². The lowest BCUT2D eigenvalue weighted by Crippen LogP contribution is -2.25. The first-order valence-electron chi connectivity index (χ1n) is 2.66. The van der Waals surface area contributed by atoms with E-state index < -0.39 is 11.9 Å². The third-order valence-electron chi connectivity index (χ3n) is 0.827. The van der Waals surface area contributed by atoms with Gasteiger partial charge in [-0.2, -0.15) is 0 Å². The van der Waals surface area contributed by atoms with Crippen LogP contribution in [0.2, 0.25) is 0 Å². The Morgan fingerprint density at radius 3 is 2.55 bits per heavy atom. The van der Waals surface area contributed by atoms with Gasteiger partial charge in [-0.25, -0.2) is 4.79 Å². The molecule has 0 aromatic heterocycles. The maximum absolute atomic E-state index is 10.6. The molecule has 0 aliphatic rings. The normalized spacial score (nSPS) is 7.64. The topological polar surface area (TPSA) is 55.4 Å². The maximum Gasteiger partial charge on any atom is 0.353 e. The lowest BCUT2D eigenvalue weighted by Gasteiger charge is -2.00. The van der Waals surface area contributed by atoms with Crippen LogP contribution in [0, 0.1) is 12.3 Å². The van der Waals surface area contributed by atoms with Gasteiger partial charge in [-0.05, 0) is 5.92 Å². The van der Waals surface area contributed by atoms with Gasteiger partial charge in [-0.3, -0.25) is 4.79 Å². The minimum absolute atomic E-state index is 0.171. The van der Waals surface area contributed by atoms with Crippen molar-refractivity contribution in [1.29, 1.82) is 0 Å². The molecule has 1 amide bonds. The van der Waals surface area contributed by atoms with E-state index in [0.717, 1.165) is 0 Å². The van der Waals surface area contributed by atoms with Crippen LogP contribution in [0.1, 0.15) is 0 Å². The van der Waals surface area contributed by atoms with E-state index in [-0.39, 0.29) is 5.70 Å². The van der Waals surface area contributed by atoms with Gasteiger partial charge in [0.2, 0.25) is 0 Å². The van der Waals surface area contributed by atoms with Crippen LogP contribution < -0.4 is 5.32 Å². The Labute approximate surface area is 64.2 Å². The van der Waals surface area contributed by atoms with Crippen LogP contribution in [-0.2, 0) is 14.3 Å². The van der Waals surface area contributed by atoms with Gasteiger partial charge >= 0.3 is 5.97 Å². The summed E-state index contributed by atoms with van der Waals surface area (Å²) in [5, 5.41) is 2.04. The number of terminal acetylenes is 1. The molecule has 0 fully saturated rings. The van der Waals surface area contributed by atoms with Gasteiger partial charge in [0, 0.05) is 0 Å². The summed E-state index contributed by atoms with van der Waals surface area (Å²) < 4.78 is 4.24. The smallest absolute Gasteiger partial charge is 0.353 e. The molecule has 0 saturated carbocycles. The van der Waals surface area contributed by atoms with Gasteiger partial charge < -0.3 is 10.1 Å². The molecule has 0 aliphatic heterocycles. The van der Waals surface area contributed by atoms with E-state index in [4.69, 9.17) is 6.42 Å². The zero-order valence-corrected chi connectivity index (χ0v) is 6.01. The molecule has 4 nitrogen and oxygen atoms in total. The second-order valence-corrected chi connectivity index (χ2v) is 1.57. The van der Waals surface area contributed by atoms with Crippen molar-refractivity contribution in [1.82, 2.24) is 5.32 Å². The van der Waals surface area contributed by atoms with Crippen LogP contribution in [-0.4, -0.2) is 19.0 Å². The minimum Gasteiger partial charge on any atom is -0.464 e. The van der Waals surface area contributed by atoms with E-state index in [1.807, 2.05) is 5.32 Å². The predicted octanol–water partition coefficient (Wildman–Crippen LogP) is -0.578. The maximum atomic E-state index is 10.6. The number of esters is 1. The monoisotopic (exact) mass is 153 g/mol. The van der Waals surface area contributed by atoms with E-state index in [1.54, 1.807) is 5.92 Å². The molecular formula is C7H7NO3. The number of hydrogen-bond donors (Lipinski definition) is 1.